The standard InChI is InChI=1S/C19H16F4N2O4/c20-7-8-28-16-6-5-13(9-14(16)19(21,22)23)18-24-17(25-29-18)12-3-1-11(2-4-12)15(27)10-26/h1-6,9,15,26-27H,7-8,10H2. The molecule has 1 atom stereocenters. The van der Waals surface area contributed by atoms with Crippen LogP contribution in [0.1, 0.15) is 17.2 Å². The predicted molar refractivity (Wildman–Crippen MR) is 93.7 cm³/mol. The van der Waals surface area contributed by atoms with Gasteiger partial charge in [-0.05, 0) is 23.8 Å². The Labute approximate surface area is 162 Å². The second-order valence-corrected chi connectivity index (χ2v) is 5.99. The van der Waals surface area contributed by atoms with Crippen molar-refractivity contribution < 1.29 is 37.0 Å². The molecule has 1 aromatic heterocycles. The number of ether oxygens (including phenoxy) is 1. The molecule has 0 bridgehead atoms. The second-order valence-electron chi connectivity index (χ2n) is 5.99. The number of aromatic nitrogens is 2. The maximum absolute atomic E-state index is 13.3. The van der Waals surface area contributed by atoms with Crippen molar-refractivity contribution in [1.82, 2.24) is 10.1 Å². The number of alkyl halides is 4. The highest BCUT2D eigenvalue weighted by atomic mass is 19.4. The van der Waals surface area contributed by atoms with Gasteiger partial charge in [-0.1, -0.05) is 29.4 Å². The first-order chi connectivity index (χ1) is 13.8. The van der Waals surface area contributed by atoms with Gasteiger partial charge in [0.15, 0.2) is 0 Å². The molecule has 2 N–H and O–H groups in total. The van der Waals surface area contributed by atoms with Crippen molar-refractivity contribution in [2.24, 2.45) is 0 Å². The summed E-state index contributed by atoms with van der Waals surface area (Å²) in [6.07, 6.45) is -5.74. The fraction of sp³-hybridized carbons (Fsp3) is 0.263. The third-order valence-corrected chi connectivity index (χ3v) is 4.02. The highest BCUT2D eigenvalue weighted by Gasteiger charge is 2.35. The molecule has 3 aromatic rings. The summed E-state index contributed by atoms with van der Waals surface area (Å²) < 4.78 is 62.0. The summed E-state index contributed by atoms with van der Waals surface area (Å²) in [6, 6.07) is 9.46. The van der Waals surface area contributed by atoms with Crippen molar-refractivity contribution in [2.75, 3.05) is 19.9 Å². The zero-order valence-corrected chi connectivity index (χ0v) is 14.9. The van der Waals surface area contributed by atoms with Gasteiger partial charge in [-0.3, -0.25) is 0 Å². The van der Waals surface area contributed by atoms with E-state index in [1.54, 1.807) is 24.3 Å². The highest BCUT2D eigenvalue weighted by Crippen LogP contribution is 2.38. The summed E-state index contributed by atoms with van der Waals surface area (Å²) >= 11 is 0. The molecule has 0 amide bonds. The molecule has 0 spiro atoms. The van der Waals surface area contributed by atoms with Crippen LogP contribution in [0.5, 0.6) is 5.75 Å². The van der Waals surface area contributed by atoms with Gasteiger partial charge in [0.25, 0.3) is 5.89 Å². The molecule has 0 saturated carbocycles. The quantitative estimate of drug-likeness (QED) is 0.574. The number of aliphatic hydroxyl groups excluding tert-OH is 2. The highest BCUT2D eigenvalue weighted by molar-refractivity contribution is 5.62. The molecule has 0 saturated heterocycles. The van der Waals surface area contributed by atoms with Gasteiger partial charge in [-0.25, -0.2) is 4.39 Å². The smallest absolute Gasteiger partial charge is 0.419 e. The monoisotopic (exact) mass is 412 g/mol. The third-order valence-electron chi connectivity index (χ3n) is 4.02. The number of benzene rings is 2. The van der Waals surface area contributed by atoms with Crippen LogP contribution >= 0.6 is 0 Å². The normalized spacial score (nSPS) is 12.8. The number of nitrogens with zero attached hydrogens (tertiary/aromatic N) is 2. The molecular weight excluding hydrogens is 396 g/mol. The number of hydrogen-bond acceptors (Lipinski definition) is 6. The van der Waals surface area contributed by atoms with Gasteiger partial charge in [0.2, 0.25) is 5.82 Å². The summed E-state index contributed by atoms with van der Waals surface area (Å²) in [5.41, 5.74) is -0.0620. The lowest BCUT2D eigenvalue weighted by atomic mass is 10.1. The second kappa shape index (κ2) is 8.58. The van der Waals surface area contributed by atoms with Crippen molar-refractivity contribution >= 4 is 0 Å². The van der Waals surface area contributed by atoms with E-state index in [9.17, 15) is 22.7 Å². The Balaban J connectivity index is 1.90. The third kappa shape index (κ3) is 4.72. The van der Waals surface area contributed by atoms with Gasteiger partial charge in [-0.15, -0.1) is 0 Å². The van der Waals surface area contributed by atoms with Gasteiger partial charge in [-0.2, -0.15) is 18.2 Å². The molecule has 0 fully saturated rings. The first kappa shape index (κ1) is 20.7. The van der Waals surface area contributed by atoms with Crippen LogP contribution in [-0.2, 0) is 6.18 Å². The number of rotatable bonds is 7. The van der Waals surface area contributed by atoms with Crippen molar-refractivity contribution in [2.45, 2.75) is 12.3 Å². The first-order valence-electron chi connectivity index (χ1n) is 8.47. The number of halogens is 4. The van der Waals surface area contributed by atoms with Crippen LogP contribution in [0, 0.1) is 0 Å². The molecule has 0 aliphatic carbocycles. The molecule has 154 valence electrons. The van der Waals surface area contributed by atoms with Crippen LogP contribution in [0.2, 0.25) is 0 Å². The number of hydrogen-bond donors (Lipinski definition) is 2. The van der Waals surface area contributed by atoms with Gasteiger partial charge in [0, 0.05) is 11.1 Å². The molecule has 6 nitrogen and oxygen atoms in total. The molecule has 2 aromatic carbocycles. The first-order valence-corrected chi connectivity index (χ1v) is 8.47. The zero-order valence-electron chi connectivity index (χ0n) is 14.9. The molecular formula is C19H16F4N2O4. The van der Waals surface area contributed by atoms with Crippen molar-refractivity contribution in [1.29, 1.82) is 0 Å². The average Bonchev–Trinajstić information content (AvgIpc) is 3.21. The van der Waals surface area contributed by atoms with Crippen LogP contribution < -0.4 is 4.74 Å². The van der Waals surface area contributed by atoms with E-state index in [0.29, 0.717) is 11.1 Å². The Morgan fingerprint density at radius 3 is 2.38 bits per heavy atom. The van der Waals surface area contributed by atoms with Gasteiger partial charge < -0.3 is 19.5 Å². The predicted octanol–water partition coefficient (Wildman–Crippen LogP) is 3.80. The lowest BCUT2D eigenvalue weighted by Gasteiger charge is -2.13. The van der Waals surface area contributed by atoms with E-state index in [-0.39, 0.29) is 17.3 Å². The number of aliphatic hydroxyl groups is 2. The van der Waals surface area contributed by atoms with E-state index in [1.165, 1.54) is 6.07 Å². The molecule has 1 unspecified atom stereocenters. The molecule has 1 heterocycles. The van der Waals surface area contributed by atoms with Gasteiger partial charge >= 0.3 is 6.18 Å². The Morgan fingerprint density at radius 1 is 1.07 bits per heavy atom. The van der Waals surface area contributed by atoms with E-state index in [0.717, 1.165) is 12.1 Å². The van der Waals surface area contributed by atoms with Crippen LogP contribution in [0.3, 0.4) is 0 Å². The van der Waals surface area contributed by atoms with Crippen LogP contribution in [0.15, 0.2) is 47.0 Å². The van der Waals surface area contributed by atoms with E-state index >= 15 is 0 Å². The molecule has 0 radical (unpaired) electrons. The zero-order chi connectivity index (χ0) is 21.0. The van der Waals surface area contributed by atoms with Crippen molar-refractivity contribution in [3.63, 3.8) is 0 Å². The largest absolute Gasteiger partial charge is 0.490 e. The minimum Gasteiger partial charge on any atom is -0.490 e. The summed E-state index contributed by atoms with van der Waals surface area (Å²) in [6.45, 7) is -1.84. The summed E-state index contributed by atoms with van der Waals surface area (Å²) in [4.78, 5) is 4.10. The molecule has 0 aliphatic rings. The Hall–Kier alpha value is -2.98. The minimum atomic E-state index is -4.71. The Bertz CT molecular complexity index is 958. The van der Waals surface area contributed by atoms with E-state index < -0.39 is 43.5 Å². The van der Waals surface area contributed by atoms with E-state index in [2.05, 4.69) is 10.1 Å². The maximum atomic E-state index is 13.3. The van der Waals surface area contributed by atoms with Crippen molar-refractivity contribution in [3.05, 3.63) is 53.6 Å². The van der Waals surface area contributed by atoms with E-state index in [1.807, 2.05) is 0 Å². The average molecular weight is 412 g/mol. The maximum Gasteiger partial charge on any atom is 0.419 e. The Morgan fingerprint density at radius 2 is 1.76 bits per heavy atom. The van der Waals surface area contributed by atoms with E-state index in [4.69, 9.17) is 14.4 Å². The summed E-state index contributed by atoms with van der Waals surface area (Å²) in [5, 5.41) is 22.3. The van der Waals surface area contributed by atoms with Crippen LogP contribution in [0.4, 0.5) is 17.6 Å². The summed E-state index contributed by atoms with van der Waals surface area (Å²) in [7, 11) is 0. The molecule has 0 aliphatic heterocycles. The Kier molecular flexibility index (Phi) is 6.14. The van der Waals surface area contributed by atoms with Crippen LogP contribution in [-0.4, -0.2) is 40.2 Å². The molecule has 29 heavy (non-hydrogen) atoms. The van der Waals surface area contributed by atoms with Gasteiger partial charge in [0.05, 0.1) is 12.2 Å². The SMILES string of the molecule is OCC(O)c1ccc(-c2noc(-c3ccc(OCCF)c(C(F)(F)F)c3)n2)cc1. The topological polar surface area (TPSA) is 88.6 Å². The fourth-order valence-electron chi connectivity index (χ4n) is 2.58. The molecule has 3 rings (SSSR count). The fourth-order valence-corrected chi connectivity index (χ4v) is 2.58. The minimum absolute atomic E-state index is 0.0241. The lowest BCUT2D eigenvalue weighted by molar-refractivity contribution is -0.138. The van der Waals surface area contributed by atoms with Crippen molar-refractivity contribution in [3.8, 4) is 28.6 Å². The molecule has 10 heteroatoms. The summed E-state index contributed by atoms with van der Waals surface area (Å²) in [5.74, 6) is -0.491. The lowest BCUT2D eigenvalue weighted by Crippen LogP contribution is -2.10. The van der Waals surface area contributed by atoms with Gasteiger partial charge in [0.1, 0.15) is 25.1 Å². The van der Waals surface area contributed by atoms with Crippen LogP contribution in [0.25, 0.3) is 22.8 Å².